The molecule has 0 aromatic carbocycles. The molecule has 0 spiro atoms. The van der Waals surface area contributed by atoms with Crippen molar-refractivity contribution in [3.63, 3.8) is 0 Å². The Kier molecular flexibility index (Phi) is 1.71. The molecule has 54 valence electrons. The topological polar surface area (TPSA) is 52.3 Å². The van der Waals surface area contributed by atoms with Gasteiger partial charge in [0.05, 0.1) is 12.8 Å². The largest absolute Gasteiger partial charge is 0.462 e. The molecule has 0 unspecified atom stereocenters. The molecule has 1 aromatic rings. The molecule has 1 aromatic heterocycles. The normalized spacial score (nSPS) is 9.40. The minimum absolute atomic E-state index is 0.000000000000000444. The Morgan fingerprint density at radius 2 is 2.50 bits per heavy atom. The number of aryl methyl sites for hydroxylation is 1. The standard InChI is InChI=1S/C6H7NO3/c1-4-3-10-5(7-4)6(8)9-2/h3H,1-2H3. The van der Waals surface area contributed by atoms with Gasteiger partial charge in [-0.05, 0) is 6.92 Å². The van der Waals surface area contributed by atoms with Crippen LogP contribution in [0.2, 0.25) is 0 Å². The van der Waals surface area contributed by atoms with Crippen LogP contribution >= 0.6 is 0 Å². The second kappa shape index (κ2) is 2.51. The maximum atomic E-state index is 10.6. The van der Waals surface area contributed by atoms with E-state index in [2.05, 4.69) is 9.72 Å². The maximum absolute atomic E-state index is 10.6. The Labute approximate surface area is 57.8 Å². The van der Waals surface area contributed by atoms with E-state index < -0.39 is 5.97 Å². The van der Waals surface area contributed by atoms with Crippen molar-refractivity contribution < 1.29 is 13.9 Å². The van der Waals surface area contributed by atoms with E-state index in [1.807, 2.05) is 0 Å². The van der Waals surface area contributed by atoms with Gasteiger partial charge in [0.15, 0.2) is 0 Å². The first-order chi connectivity index (χ1) is 4.74. The van der Waals surface area contributed by atoms with E-state index in [0.717, 1.165) is 0 Å². The third kappa shape index (κ3) is 1.15. The second-order valence-electron chi connectivity index (χ2n) is 1.79. The number of carbonyl (C=O) groups is 1. The summed E-state index contributed by atoms with van der Waals surface area (Å²) in [5, 5.41) is 0. The number of ether oxygens (including phenoxy) is 1. The second-order valence-corrected chi connectivity index (χ2v) is 1.79. The Hall–Kier alpha value is -1.32. The van der Waals surface area contributed by atoms with E-state index in [0.29, 0.717) is 5.69 Å². The Morgan fingerprint density at radius 1 is 1.80 bits per heavy atom. The summed E-state index contributed by atoms with van der Waals surface area (Å²) in [7, 11) is 1.28. The van der Waals surface area contributed by atoms with Crippen molar-refractivity contribution >= 4 is 5.97 Å². The number of rotatable bonds is 1. The zero-order valence-corrected chi connectivity index (χ0v) is 5.75. The number of methoxy groups -OCH3 is 1. The molecule has 0 bridgehead atoms. The molecular weight excluding hydrogens is 134 g/mol. The summed E-state index contributed by atoms with van der Waals surface area (Å²) in [4.78, 5) is 14.4. The van der Waals surface area contributed by atoms with Gasteiger partial charge in [-0.3, -0.25) is 0 Å². The van der Waals surface area contributed by atoms with E-state index in [-0.39, 0.29) is 5.89 Å². The summed E-state index contributed by atoms with van der Waals surface area (Å²) in [6.45, 7) is 1.73. The minimum Gasteiger partial charge on any atom is -0.462 e. The van der Waals surface area contributed by atoms with Crippen molar-refractivity contribution in [2.45, 2.75) is 6.92 Å². The average molecular weight is 141 g/mol. The lowest BCUT2D eigenvalue weighted by molar-refractivity contribution is 0.0556. The average Bonchev–Trinajstić information content (AvgIpc) is 2.34. The third-order valence-electron chi connectivity index (χ3n) is 0.979. The van der Waals surface area contributed by atoms with Crippen LogP contribution in [0.1, 0.15) is 16.4 Å². The predicted octanol–water partition coefficient (Wildman–Crippen LogP) is 0.770. The smallest absolute Gasteiger partial charge is 0.394 e. The first-order valence-corrected chi connectivity index (χ1v) is 2.74. The Bertz CT molecular complexity index is 241. The molecule has 4 nitrogen and oxygen atoms in total. The van der Waals surface area contributed by atoms with Gasteiger partial charge in [-0.2, -0.15) is 0 Å². The lowest BCUT2D eigenvalue weighted by Gasteiger charge is -1.88. The minimum atomic E-state index is -0.548. The van der Waals surface area contributed by atoms with Crippen LogP contribution in [0.5, 0.6) is 0 Å². The third-order valence-corrected chi connectivity index (χ3v) is 0.979. The highest BCUT2D eigenvalue weighted by atomic mass is 16.5. The van der Waals surface area contributed by atoms with Crippen molar-refractivity contribution in [2.24, 2.45) is 0 Å². The number of nitrogens with zero attached hydrogens (tertiary/aromatic N) is 1. The highest BCUT2D eigenvalue weighted by molar-refractivity contribution is 5.83. The monoisotopic (exact) mass is 141 g/mol. The SMILES string of the molecule is COC(=O)c1nc(C)co1. The van der Waals surface area contributed by atoms with Gasteiger partial charge in [-0.1, -0.05) is 0 Å². The van der Waals surface area contributed by atoms with E-state index in [1.165, 1.54) is 13.4 Å². The fraction of sp³-hybridized carbons (Fsp3) is 0.333. The molecule has 0 aliphatic rings. The van der Waals surface area contributed by atoms with Crippen molar-refractivity contribution in [3.05, 3.63) is 17.8 Å². The quantitative estimate of drug-likeness (QED) is 0.542. The highest BCUT2D eigenvalue weighted by Crippen LogP contribution is 2.00. The number of oxazole rings is 1. The molecule has 0 saturated heterocycles. The number of aromatic nitrogens is 1. The van der Waals surface area contributed by atoms with E-state index in [1.54, 1.807) is 6.92 Å². The summed E-state index contributed by atoms with van der Waals surface area (Å²) < 4.78 is 9.09. The van der Waals surface area contributed by atoms with E-state index in [4.69, 9.17) is 4.42 Å². The van der Waals surface area contributed by atoms with Gasteiger partial charge in [0.25, 0.3) is 0 Å². The summed E-state index contributed by atoms with van der Waals surface area (Å²) in [5.41, 5.74) is 0.667. The molecule has 4 heteroatoms. The summed E-state index contributed by atoms with van der Waals surface area (Å²) in [6.07, 6.45) is 1.40. The van der Waals surface area contributed by atoms with Gasteiger partial charge < -0.3 is 9.15 Å². The molecule has 0 N–H and O–H groups in total. The van der Waals surface area contributed by atoms with Crippen molar-refractivity contribution in [2.75, 3.05) is 7.11 Å². The summed E-state index contributed by atoms with van der Waals surface area (Å²) in [6, 6.07) is 0. The van der Waals surface area contributed by atoms with Crippen molar-refractivity contribution in [1.29, 1.82) is 0 Å². The van der Waals surface area contributed by atoms with Gasteiger partial charge >= 0.3 is 11.9 Å². The molecule has 0 atom stereocenters. The maximum Gasteiger partial charge on any atom is 0.394 e. The highest BCUT2D eigenvalue weighted by Gasteiger charge is 2.10. The number of hydrogen-bond donors (Lipinski definition) is 0. The molecule has 0 aliphatic carbocycles. The molecule has 1 rings (SSSR count). The zero-order chi connectivity index (χ0) is 7.56. The Morgan fingerprint density at radius 3 is 2.90 bits per heavy atom. The van der Waals surface area contributed by atoms with E-state index >= 15 is 0 Å². The molecule has 1 heterocycles. The van der Waals surface area contributed by atoms with Gasteiger partial charge in [0.1, 0.15) is 6.26 Å². The van der Waals surface area contributed by atoms with Gasteiger partial charge in [0, 0.05) is 0 Å². The fourth-order valence-electron chi connectivity index (χ4n) is 0.535. The molecule has 0 saturated carbocycles. The van der Waals surface area contributed by atoms with Crippen LogP contribution in [-0.2, 0) is 4.74 Å². The number of carbonyl (C=O) groups excluding carboxylic acids is 1. The van der Waals surface area contributed by atoms with Crippen molar-refractivity contribution in [1.82, 2.24) is 4.98 Å². The first-order valence-electron chi connectivity index (χ1n) is 2.74. The molecule has 10 heavy (non-hydrogen) atoms. The zero-order valence-electron chi connectivity index (χ0n) is 5.75. The van der Waals surface area contributed by atoms with E-state index in [9.17, 15) is 4.79 Å². The number of esters is 1. The van der Waals surface area contributed by atoms with Gasteiger partial charge in [0.2, 0.25) is 0 Å². The predicted molar refractivity (Wildman–Crippen MR) is 32.6 cm³/mol. The summed E-state index contributed by atoms with van der Waals surface area (Å²) in [5.74, 6) is -0.548. The summed E-state index contributed by atoms with van der Waals surface area (Å²) >= 11 is 0. The van der Waals surface area contributed by atoms with Crippen LogP contribution in [-0.4, -0.2) is 18.1 Å². The molecule has 0 aliphatic heterocycles. The fourth-order valence-corrected chi connectivity index (χ4v) is 0.535. The molecular formula is C6H7NO3. The van der Waals surface area contributed by atoms with Crippen molar-refractivity contribution in [3.8, 4) is 0 Å². The van der Waals surface area contributed by atoms with Crippen LogP contribution in [0.3, 0.4) is 0 Å². The number of hydrogen-bond acceptors (Lipinski definition) is 4. The lowest BCUT2D eigenvalue weighted by Crippen LogP contribution is -2.00. The molecule has 0 fully saturated rings. The van der Waals surface area contributed by atoms with Crippen LogP contribution in [0.4, 0.5) is 0 Å². The van der Waals surface area contributed by atoms with Crippen LogP contribution in [0.25, 0.3) is 0 Å². The lowest BCUT2D eigenvalue weighted by atomic mass is 10.6. The Balaban J connectivity index is 2.85. The molecule has 0 amide bonds. The van der Waals surface area contributed by atoms with Gasteiger partial charge in [-0.25, -0.2) is 9.78 Å². The van der Waals surface area contributed by atoms with Crippen LogP contribution < -0.4 is 0 Å². The van der Waals surface area contributed by atoms with Crippen LogP contribution in [0, 0.1) is 6.92 Å². The van der Waals surface area contributed by atoms with Gasteiger partial charge in [-0.15, -0.1) is 0 Å². The van der Waals surface area contributed by atoms with Crippen LogP contribution in [0.15, 0.2) is 10.7 Å². The first kappa shape index (κ1) is 6.80. The molecule has 0 radical (unpaired) electrons.